The van der Waals surface area contributed by atoms with Crippen LogP contribution >= 0.6 is 0 Å². The van der Waals surface area contributed by atoms with Crippen LogP contribution in [0, 0.1) is 0 Å². The molecule has 1 N–H and O–H groups in total. The lowest BCUT2D eigenvalue weighted by atomic mass is 10.2. The Balaban J connectivity index is 2.54. The third kappa shape index (κ3) is 2.72. The van der Waals surface area contributed by atoms with Crippen molar-refractivity contribution in [2.45, 2.75) is 53.1 Å². The second kappa shape index (κ2) is 6.13. The van der Waals surface area contributed by atoms with Gasteiger partial charge in [-0.15, -0.1) is 0 Å². The van der Waals surface area contributed by atoms with E-state index in [4.69, 9.17) is 0 Å². The summed E-state index contributed by atoms with van der Waals surface area (Å²) in [7, 11) is 0. The third-order valence-electron chi connectivity index (χ3n) is 3.32. The molecule has 0 amide bonds. The molecule has 0 radical (unpaired) electrons. The van der Waals surface area contributed by atoms with E-state index in [0.717, 1.165) is 35.7 Å². The highest BCUT2D eigenvalue weighted by molar-refractivity contribution is 5.36. The first-order valence-electron chi connectivity index (χ1n) is 7.15. The molecule has 2 rings (SSSR count). The number of nitrogens with zero attached hydrogens (tertiary/aromatic N) is 4. The van der Waals surface area contributed by atoms with Gasteiger partial charge in [0.15, 0.2) is 0 Å². The van der Waals surface area contributed by atoms with Crippen molar-refractivity contribution in [2.75, 3.05) is 0 Å². The second-order valence-electron chi connectivity index (χ2n) is 5.12. The molecule has 0 fully saturated rings. The van der Waals surface area contributed by atoms with Gasteiger partial charge in [-0.25, -0.2) is 14.6 Å². The van der Waals surface area contributed by atoms with Gasteiger partial charge in [0.2, 0.25) is 0 Å². The van der Waals surface area contributed by atoms with E-state index in [-0.39, 0.29) is 12.5 Å². The summed E-state index contributed by atoms with van der Waals surface area (Å²) in [6, 6.07) is 2.09. The van der Waals surface area contributed by atoms with Gasteiger partial charge >= 0.3 is 0 Å². The molecule has 0 bridgehead atoms. The van der Waals surface area contributed by atoms with Gasteiger partial charge in [0.25, 0.3) is 0 Å². The molecular formula is C15H22N4O. The zero-order chi connectivity index (χ0) is 14.7. The predicted octanol–water partition coefficient (Wildman–Crippen LogP) is 2.40. The molecule has 0 aliphatic heterocycles. The molecule has 108 valence electrons. The number of rotatable bonds is 5. The lowest BCUT2D eigenvalue weighted by Crippen LogP contribution is -2.10. The maximum atomic E-state index is 9.58. The molecule has 0 aliphatic carbocycles. The van der Waals surface area contributed by atoms with Crippen LogP contribution in [-0.2, 0) is 19.4 Å². The van der Waals surface area contributed by atoms with Crippen molar-refractivity contribution in [1.82, 2.24) is 19.7 Å². The minimum absolute atomic E-state index is 0.109. The molecule has 0 saturated heterocycles. The van der Waals surface area contributed by atoms with Gasteiger partial charge in [-0.1, -0.05) is 27.7 Å². The van der Waals surface area contributed by atoms with Gasteiger partial charge in [0.05, 0.1) is 24.2 Å². The summed E-state index contributed by atoms with van der Waals surface area (Å²) in [6.07, 6.45) is 3.53. The van der Waals surface area contributed by atoms with Gasteiger partial charge < -0.3 is 5.11 Å². The van der Waals surface area contributed by atoms with E-state index in [9.17, 15) is 5.11 Å². The fourth-order valence-corrected chi connectivity index (χ4v) is 2.11. The van der Waals surface area contributed by atoms with Crippen LogP contribution in [0.2, 0.25) is 0 Å². The number of hydrogen-bond donors (Lipinski definition) is 1. The van der Waals surface area contributed by atoms with Crippen LogP contribution in [0.5, 0.6) is 0 Å². The number of aliphatic hydroxyl groups excluding tert-OH is 1. The summed E-state index contributed by atoms with van der Waals surface area (Å²) in [5.74, 6) is 0.988. The number of aliphatic hydroxyl groups is 1. The van der Waals surface area contributed by atoms with Crippen molar-refractivity contribution >= 4 is 0 Å². The van der Waals surface area contributed by atoms with E-state index in [1.54, 1.807) is 6.20 Å². The largest absolute Gasteiger partial charge is 0.390 e. The fourth-order valence-electron chi connectivity index (χ4n) is 2.11. The summed E-state index contributed by atoms with van der Waals surface area (Å²) in [5.41, 5.74) is 3.55. The Labute approximate surface area is 119 Å². The molecule has 20 heavy (non-hydrogen) atoms. The molecule has 5 heteroatoms. The number of aromatic nitrogens is 4. The van der Waals surface area contributed by atoms with Crippen LogP contribution in [0.3, 0.4) is 0 Å². The molecule has 2 heterocycles. The van der Waals surface area contributed by atoms with E-state index >= 15 is 0 Å². The maximum absolute atomic E-state index is 9.58. The van der Waals surface area contributed by atoms with Crippen LogP contribution in [0.25, 0.3) is 5.69 Å². The normalized spacial score (nSPS) is 11.3. The first kappa shape index (κ1) is 14.7. The van der Waals surface area contributed by atoms with Crippen molar-refractivity contribution in [3.63, 3.8) is 0 Å². The van der Waals surface area contributed by atoms with Crippen LogP contribution in [0.4, 0.5) is 0 Å². The van der Waals surface area contributed by atoms with E-state index < -0.39 is 0 Å². The number of aryl methyl sites for hydroxylation is 2. The van der Waals surface area contributed by atoms with Crippen molar-refractivity contribution in [2.24, 2.45) is 0 Å². The average Bonchev–Trinajstić information content (AvgIpc) is 2.89. The van der Waals surface area contributed by atoms with Gasteiger partial charge in [-0.05, 0) is 18.9 Å². The van der Waals surface area contributed by atoms with Gasteiger partial charge in [0.1, 0.15) is 11.5 Å². The van der Waals surface area contributed by atoms with E-state index in [2.05, 4.69) is 35.0 Å². The molecule has 2 aromatic heterocycles. The van der Waals surface area contributed by atoms with Crippen LogP contribution in [0.1, 0.15) is 56.5 Å². The Hall–Kier alpha value is -1.75. The van der Waals surface area contributed by atoms with Crippen molar-refractivity contribution in [3.8, 4) is 5.69 Å². The van der Waals surface area contributed by atoms with Crippen LogP contribution < -0.4 is 0 Å². The summed E-state index contributed by atoms with van der Waals surface area (Å²) in [6.45, 7) is 8.14. The van der Waals surface area contributed by atoms with E-state index in [0.29, 0.717) is 5.69 Å². The average molecular weight is 274 g/mol. The van der Waals surface area contributed by atoms with E-state index in [1.165, 1.54) is 0 Å². The van der Waals surface area contributed by atoms with Crippen molar-refractivity contribution < 1.29 is 5.11 Å². The molecule has 0 spiro atoms. The molecule has 5 nitrogen and oxygen atoms in total. The third-order valence-corrected chi connectivity index (χ3v) is 3.32. The zero-order valence-corrected chi connectivity index (χ0v) is 12.6. The first-order valence-corrected chi connectivity index (χ1v) is 7.15. The minimum atomic E-state index is -0.109. The molecule has 0 atom stereocenters. The highest BCUT2D eigenvalue weighted by Gasteiger charge is 2.14. The fraction of sp³-hybridized carbons (Fsp3) is 0.533. The molecule has 2 aromatic rings. The van der Waals surface area contributed by atoms with Crippen LogP contribution in [0.15, 0.2) is 12.3 Å². The quantitative estimate of drug-likeness (QED) is 0.909. The second-order valence-corrected chi connectivity index (χ2v) is 5.12. The lowest BCUT2D eigenvalue weighted by molar-refractivity contribution is 0.275. The maximum Gasteiger partial charge on any atom is 0.131 e. The molecule has 0 saturated carbocycles. The topological polar surface area (TPSA) is 63.8 Å². The Kier molecular flexibility index (Phi) is 4.49. The Morgan fingerprint density at radius 3 is 2.55 bits per heavy atom. The molecular weight excluding hydrogens is 252 g/mol. The van der Waals surface area contributed by atoms with Crippen LogP contribution in [-0.4, -0.2) is 24.9 Å². The molecule has 0 aliphatic rings. The Morgan fingerprint density at radius 1 is 1.25 bits per heavy atom. The standard InChI is InChI=1S/C15H22N4O/c1-5-11-7-12(6-2)19(18-11)14-8-16-15(10(3)4)17-13(14)9-20/h7-8,10,20H,5-6,9H2,1-4H3. The van der Waals surface area contributed by atoms with Gasteiger partial charge in [-0.3, -0.25) is 0 Å². The summed E-state index contributed by atoms with van der Waals surface area (Å²) >= 11 is 0. The Bertz CT molecular complexity index is 590. The summed E-state index contributed by atoms with van der Waals surface area (Å²) < 4.78 is 1.86. The predicted molar refractivity (Wildman–Crippen MR) is 77.9 cm³/mol. The minimum Gasteiger partial charge on any atom is -0.390 e. The van der Waals surface area contributed by atoms with Gasteiger partial charge in [0, 0.05) is 11.6 Å². The van der Waals surface area contributed by atoms with Crippen molar-refractivity contribution in [3.05, 3.63) is 35.2 Å². The van der Waals surface area contributed by atoms with Crippen molar-refractivity contribution in [1.29, 1.82) is 0 Å². The summed E-state index contributed by atoms with van der Waals surface area (Å²) in [5, 5.41) is 14.2. The Morgan fingerprint density at radius 2 is 2.00 bits per heavy atom. The molecule has 0 unspecified atom stereocenters. The highest BCUT2D eigenvalue weighted by Crippen LogP contribution is 2.18. The lowest BCUT2D eigenvalue weighted by Gasteiger charge is -2.12. The first-order chi connectivity index (χ1) is 9.60. The molecule has 0 aromatic carbocycles. The monoisotopic (exact) mass is 274 g/mol. The zero-order valence-electron chi connectivity index (χ0n) is 12.6. The van der Waals surface area contributed by atoms with E-state index in [1.807, 2.05) is 18.5 Å². The highest BCUT2D eigenvalue weighted by atomic mass is 16.3. The smallest absolute Gasteiger partial charge is 0.131 e. The SMILES string of the molecule is CCc1cc(CC)n(-c2cnc(C(C)C)nc2CO)n1. The number of hydrogen-bond acceptors (Lipinski definition) is 4. The van der Waals surface area contributed by atoms with Gasteiger partial charge in [-0.2, -0.15) is 5.10 Å². The summed E-state index contributed by atoms with van der Waals surface area (Å²) in [4.78, 5) is 8.85.